The number of benzene rings is 2. The lowest BCUT2D eigenvalue weighted by Gasteiger charge is -2.12. The molecule has 0 atom stereocenters. The average molecular weight is 343 g/mol. The molecule has 1 amide bonds. The number of primary amides is 1. The molecule has 0 radical (unpaired) electrons. The van der Waals surface area contributed by atoms with Crippen LogP contribution in [0.2, 0.25) is 0 Å². The molecule has 2 aromatic carbocycles. The molecule has 0 aliphatic rings. The smallest absolute Gasteiger partial charge is 0.254 e. The molecule has 0 spiro atoms. The molecule has 0 fully saturated rings. The first-order chi connectivity index (χ1) is 10.1. The highest BCUT2D eigenvalue weighted by Gasteiger charge is 2.15. The molecule has 0 unspecified atom stereocenters. The molecular weight excluding hydrogens is 332 g/mol. The summed E-state index contributed by atoms with van der Waals surface area (Å²) in [4.78, 5) is 15.8. The van der Waals surface area contributed by atoms with Crippen molar-refractivity contribution in [3.63, 3.8) is 0 Å². The Labute approximate surface area is 129 Å². The molecular formula is C16H11BrN2O2. The lowest BCUT2D eigenvalue weighted by Crippen LogP contribution is -2.13. The number of nitrogens with two attached hydrogens (primary N) is 1. The summed E-state index contributed by atoms with van der Waals surface area (Å²) in [5, 5.41) is 0.744. The third-order valence-electron chi connectivity index (χ3n) is 3.01. The van der Waals surface area contributed by atoms with Crippen LogP contribution in [-0.2, 0) is 0 Å². The highest BCUT2D eigenvalue weighted by Crippen LogP contribution is 2.33. The number of carbonyl (C=O) groups is 1. The van der Waals surface area contributed by atoms with E-state index in [-0.39, 0.29) is 5.56 Å². The number of halogens is 1. The number of nitrogens with zero attached hydrogens (tertiary/aromatic N) is 1. The van der Waals surface area contributed by atoms with Gasteiger partial charge in [-0.05, 0) is 30.3 Å². The van der Waals surface area contributed by atoms with E-state index >= 15 is 0 Å². The molecule has 1 aromatic heterocycles. The van der Waals surface area contributed by atoms with Crippen molar-refractivity contribution in [2.75, 3.05) is 0 Å². The number of pyridine rings is 1. The number of fused-ring (bicyclic) bond motifs is 1. The van der Waals surface area contributed by atoms with Crippen LogP contribution in [0.3, 0.4) is 0 Å². The first-order valence-electron chi connectivity index (χ1n) is 6.26. The van der Waals surface area contributed by atoms with Gasteiger partial charge >= 0.3 is 0 Å². The lowest BCUT2D eigenvalue weighted by atomic mass is 10.1. The summed E-state index contributed by atoms with van der Waals surface area (Å²) in [6.07, 6.45) is 1.44. The SMILES string of the molecule is NC(=O)c1cnc2ccccc2c1Oc1cccc(Br)c1. The van der Waals surface area contributed by atoms with Gasteiger partial charge in [0.25, 0.3) is 5.91 Å². The number of para-hydroxylation sites is 1. The molecule has 3 rings (SSSR count). The van der Waals surface area contributed by atoms with E-state index in [9.17, 15) is 4.79 Å². The molecule has 5 heteroatoms. The topological polar surface area (TPSA) is 65.2 Å². The third-order valence-corrected chi connectivity index (χ3v) is 3.50. The van der Waals surface area contributed by atoms with Crippen molar-refractivity contribution < 1.29 is 9.53 Å². The van der Waals surface area contributed by atoms with E-state index < -0.39 is 5.91 Å². The molecule has 2 N–H and O–H groups in total. The minimum Gasteiger partial charge on any atom is -0.456 e. The van der Waals surface area contributed by atoms with Gasteiger partial charge in [0.2, 0.25) is 0 Å². The Morgan fingerprint density at radius 3 is 2.71 bits per heavy atom. The molecule has 0 saturated heterocycles. The van der Waals surface area contributed by atoms with Gasteiger partial charge in [-0.15, -0.1) is 0 Å². The van der Waals surface area contributed by atoms with Crippen molar-refractivity contribution in [1.82, 2.24) is 4.98 Å². The Morgan fingerprint density at radius 2 is 1.95 bits per heavy atom. The van der Waals surface area contributed by atoms with Crippen LogP contribution in [0.25, 0.3) is 10.9 Å². The maximum absolute atomic E-state index is 11.6. The standard InChI is InChI=1S/C16H11BrN2O2/c17-10-4-3-5-11(8-10)21-15-12-6-1-2-7-14(12)19-9-13(15)16(18)20/h1-9H,(H2,18,20). The molecule has 0 aliphatic carbocycles. The largest absolute Gasteiger partial charge is 0.456 e. The van der Waals surface area contributed by atoms with Gasteiger partial charge in [0, 0.05) is 16.1 Å². The predicted octanol–water partition coefficient (Wildman–Crippen LogP) is 3.89. The maximum atomic E-state index is 11.6. The molecule has 1 heterocycles. The van der Waals surface area contributed by atoms with E-state index in [1.54, 1.807) is 0 Å². The summed E-state index contributed by atoms with van der Waals surface area (Å²) >= 11 is 3.39. The first-order valence-corrected chi connectivity index (χ1v) is 7.05. The second kappa shape index (κ2) is 5.54. The number of ether oxygens (including phenoxy) is 1. The molecule has 21 heavy (non-hydrogen) atoms. The zero-order valence-electron chi connectivity index (χ0n) is 10.9. The van der Waals surface area contributed by atoms with Crippen molar-refractivity contribution in [1.29, 1.82) is 0 Å². The number of hydrogen-bond acceptors (Lipinski definition) is 3. The van der Waals surface area contributed by atoms with E-state index in [0.717, 1.165) is 15.4 Å². The van der Waals surface area contributed by atoms with Gasteiger partial charge in [-0.1, -0.05) is 34.1 Å². The molecule has 4 nitrogen and oxygen atoms in total. The lowest BCUT2D eigenvalue weighted by molar-refractivity contribution is 0.0998. The van der Waals surface area contributed by atoms with Crippen LogP contribution in [0.15, 0.2) is 59.2 Å². The minimum atomic E-state index is -0.571. The summed E-state index contributed by atoms with van der Waals surface area (Å²) in [5.74, 6) is 0.465. The summed E-state index contributed by atoms with van der Waals surface area (Å²) in [7, 11) is 0. The highest BCUT2D eigenvalue weighted by molar-refractivity contribution is 9.10. The summed E-state index contributed by atoms with van der Waals surface area (Å²) in [6, 6.07) is 14.8. The second-order valence-corrected chi connectivity index (χ2v) is 5.36. The van der Waals surface area contributed by atoms with Crippen molar-refractivity contribution in [3.8, 4) is 11.5 Å². The molecule has 0 bridgehead atoms. The number of rotatable bonds is 3. The van der Waals surface area contributed by atoms with Crippen LogP contribution in [0.4, 0.5) is 0 Å². The fourth-order valence-corrected chi connectivity index (χ4v) is 2.43. The normalized spacial score (nSPS) is 10.5. The number of carbonyl (C=O) groups excluding carboxylic acids is 1. The number of aromatic nitrogens is 1. The quantitative estimate of drug-likeness (QED) is 0.785. The molecule has 0 aliphatic heterocycles. The second-order valence-electron chi connectivity index (χ2n) is 4.44. The van der Waals surface area contributed by atoms with E-state index in [4.69, 9.17) is 10.5 Å². The number of amides is 1. The third kappa shape index (κ3) is 2.73. The minimum absolute atomic E-state index is 0.258. The molecule has 104 valence electrons. The summed E-state index contributed by atoms with van der Waals surface area (Å²) < 4.78 is 6.78. The Hall–Kier alpha value is -2.40. The highest BCUT2D eigenvalue weighted by atomic mass is 79.9. The summed E-state index contributed by atoms with van der Waals surface area (Å²) in [5.41, 5.74) is 6.42. The maximum Gasteiger partial charge on any atom is 0.254 e. The first kappa shape index (κ1) is 13.6. The Kier molecular flexibility index (Phi) is 3.58. The van der Waals surface area contributed by atoms with Gasteiger partial charge < -0.3 is 10.5 Å². The van der Waals surface area contributed by atoms with Crippen molar-refractivity contribution >= 4 is 32.7 Å². The van der Waals surface area contributed by atoms with Crippen molar-refractivity contribution in [2.45, 2.75) is 0 Å². The summed E-state index contributed by atoms with van der Waals surface area (Å²) in [6.45, 7) is 0. The van der Waals surface area contributed by atoms with Gasteiger partial charge in [-0.25, -0.2) is 0 Å². The van der Waals surface area contributed by atoms with Gasteiger partial charge in [0.1, 0.15) is 11.3 Å². The predicted molar refractivity (Wildman–Crippen MR) is 84.5 cm³/mol. The van der Waals surface area contributed by atoms with Gasteiger partial charge in [-0.2, -0.15) is 0 Å². The number of hydrogen-bond donors (Lipinski definition) is 1. The van der Waals surface area contributed by atoms with Crippen molar-refractivity contribution in [2.24, 2.45) is 5.73 Å². The van der Waals surface area contributed by atoms with Crippen molar-refractivity contribution in [3.05, 3.63) is 64.8 Å². The van der Waals surface area contributed by atoms with Crippen LogP contribution in [-0.4, -0.2) is 10.9 Å². The molecule has 0 saturated carbocycles. The average Bonchev–Trinajstić information content (AvgIpc) is 2.47. The van der Waals surface area contributed by atoms with E-state index in [2.05, 4.69) is 20.9 Å². The van der Waals surface area contributed by atoms with Crippen LogP contribution < -0.4 is 10.5 Å². The van der Waals surface area contributed by atoms with E-state index in [1.165, 1.54) is 6.20 Å². The Balaban J connectivity index is 2.18. The fraction of sp³-hybridized carbons (Fsp3) is 0. The van der Waals surface area contributed by atoms with E-state index in [1.807, 2.05) is 48.5 Å². The van der Waals surface area contributed by atoms with Crippen LogP contribution in [0.5, 0.6) is 11.5 Å². The van der Waals surface area contributed by atoms with Crippen LogP contribution in [0, 0.1) is 0 Å². The van der Waals surface area contributed by atoms with Gasteiger partial charge in [-0.3, -0.25) is 9.78 Å². The molecule has 3 aromatic rings. The van der Waals surface area contributed by atoms with Gasteiger partial charge in [0.05, 0.1) is 5.52 Å². The van der Waals surface area contributed by atoms with Gasteiger partial charge in [0.15, 0.2) is 5.75 Å². The Morgan fingerprint density at radius 1 is 1.14 bits per heavy atom. The Bertz CT molecular complexity index is 833. The fourth-order valence-electron chi connectivity index (χ4n) is 2.05. The van der Waals surface area contributed by atoms with E-state index in [0.29, 0.717) is 11.5 Å². The zero-order chi connectivity index (χ0) is 14.8. The van der Waals surface area contributed by atoms with Crippen LogP contribution in [0.1, 0.15) is 10.4 Å². The monoisotopic (exact) mass is 342 g/mol. The zero-order valence-corrected chi connectivity index (χ0v) is 12.5. The van der Waals surface area contributed by atoms with Crippen LogP contribution >= 0.6 is 15.9 Å².